The van der Waals surface area contributed by atoms with Crippen LogP contribution in [-0.2, 0) is 9.59 Å². The summed E-state index contributed by atoms with van der Waals surface area (Å²) < 4.78 is 0. The summed E-state index contributed by atoms with van der Waals surface area (Å²) in [7, 11) is 0. The van der Waals surface area contributed by atoms with Gasteiger partial charge < -0.3 is 0 Å². The predicted molar refractivity (Wildman–Crippen MR) is 20.7 cm³/mol. The fourth-order valence-corrected chi connectivity index (χ4v) is 0. The molecule has 0 saturated heterocycles. The summed E-state index contributed by atoms with van der Waals surface area (Å²) in [5.41, 5.74) is 0. The van der Waals surface area contributed by atoms with Crippen LogP contribution in [0.4, 0.5) is 0 Å². The third-order valence-electron chi connectivity index (χ3n) is 0. The standard InChI is InChI=1S/CO2.Ca.Na.3H/c2-1-3;;;;;. The molecule has 0 rings (SSSR count). The molecule has 22 valence electrons. The molecule has 0 atom stereocenters. The fourth-order valence-electron chi connectivity index (χ4n) is 0. The summed E-state index contributed by atoms with van der Waals surface area (Å²) in [5.74, 6) is 0. The van der Waals surface area contributed by atoms with Crippen molar-refractivity contribution in [2.45, 2.75) is 0 Å². The Labute approximate surface area is 81.6 Å². The van der Waals surface area contributed by atoms with E-state index < -0.39 is 0 Å². The van der Waals surface area contributed by atoms with Crippen LogP contribution >= 0.6 is 0 Å². The zero-order valence-electron chi connectivity index (χ0n) is 1.32. The van der Waals surface area contributed by atoms with E-state index >= 15 is 0 Å². The van der Waals surface area contributed by atoms with E-state index in [2.05, 4.69) is 0 Å². The topological polar surface area (TPSA) is 34.1 Å². The second-order valence-electron chi connectivity index (χ2n) is 0.0833. The molecule has 2 nitrogen and oxygen atoms in total. The second-order valence-corrected chi connectivity index (χ2v) is 0.0833. The van der Waals surface area contributed by atoms with Gasteiger partial charge in [-0.3, -0.25) is 0 Å². The van der Waals surface area contributed by atoms with Crippen LogP contribution in [0.5, 0.6) is 0 Å². The zero-order chi connectivity index (χ0) is 2.71. The maximum atomic E-state index is 8.12. The second kappa shape index (κ2) is 17.4. The molecule has 0 fully saturated rings. The van der Waals surface area contributed by atoms with Gasteiger partial charge in [-0.05, 0) is 0 Å². The normalized spacial score (nSPS) is 1.60. The van der Waals surface area contributed by atoms with E-state index in [4.69, 9.17) is 9.59 Å². The van der Waals surface area contributed by atoms with Crippen LogP contribution in [0.1, 0.15) is 0 Å². The van der Waals surface area contributed by atoms with Crippen LogP contribution < -0.4 is 0 Å². The van der Waals surface area contributed by atoms with Crippen molar-refractivity contribution in [2.75, 3.05) is 0 Å². The SMILES string of the molecule is O=C=O.[CaH2].[NaH]. The van der Waals surface area contributed by atoms with E-state index in [9.17, 15) is 0 Å². The van der Waals surface area contributed by atoms with Crippen molar-refractivity contribution in [1.82, 2.24) is 0 Å². The first-order chi connectivity index (χ1) is 1.41. The molecule has 0 aromatic carbocycles. The van der Waals surface area contributed by atoms with Gasteiger partial charge in [0.25, 0.3) is 0 Å². The zero-order valence-corrected chi connectivity index (χ0v) is 1.32. The van der Waals surface area contributed by atoms with Gasteiger partial charge in [0.1, 0.15) is 0 Å². The Morgan fingerprint density at radius 3 is 1.20 bits per heavy atom. The molecule has 0 aliphatic rings. The van der Waals surface area contributed by atoms with Gasteiger partial charge >= 0.3 is 73.4 Å². The summed E-state index contributed by atoms with van der Waals surface area (Å²) in [6, 6.07) is 0. The Kier molecular flexibility index (Phi) is 55.5. The van der Waals surface area contributed by atoms with Gasteiger partial charge in [0.15, 0.2) is 0 Å². The first-order valence-corrected chi connectivity index (χ1v) is 0.408. The summed E-state index contributed by atoms with van der Waals surface area (Å²) >= 11 is 0. The van der Waals surface area contributed by atoms with Crippen LogP contribution in [0, 0.1) is 0 Å². The van der Waals surface area contributed by atoms with Crippen LogP contribution in [0.2, 0.25) is 0 Å². The molecule has 0 aliphatic carbocycles. The van der Waals surface area contributed by atoms with Crippen molar-refractivity contribution < 1.29 is 9.59 Å². The van der Waals surface area contributed by atoms with Gasteiger partial charge in [-0.15, -0.1) is 0 Å². The average Bonchev–Trinajstić information content (AvgIpc) is 0.918. The molecule has 0 N–H and O–H groups in total. The molecule has 0 saturated carbocycles. The van der Waals surface area contributed by atoms with Gasteiger partial charge in [0.05, 0.1) is 0 Å². The number of hydrogen-bond acceptors (Lipinski definition) is 2. The number of rotatable bonds is 0. The van der Waals surface area contributed by atoms with Crippen LogP contribution in [0.25, 0.3) is 0 Å². The molecular formula is CH3CaNaO2. The maximum absolute atomic E-state index is 8.12. The molecule has 5 heavy (non-hydrogen) atoms. The molecule has 0 aliphatic heterocycles. The summed E-state index contributed by atoms with van der Waals surface area (Å²) in [5, 5.41) is 0. The molecule has 0 aromatic rings. The van der Waals surface area contributed by atoms with Crippen molar-refractivity contribution >= 4 is 73.4 Å². The monoisotopic (exact) mass is 110 g/mol. The van der Waals surface area contributed by atoms with E-state index in [1.807, 2.05) is 0 Å². The van der Waals surface area contributed by atoms with Gasteiger partial charge in [-0.1, -0.05) is 0 Å². The fraction of sp³-hybridized carbons (Fsp3) is 0. The Morgan fingerprint density at radius 1 is 1.20 bits per heavy atom. The first kappa shape index (κ1) is 15.9. The molecule has 0 radical (unpaired) electrons. The number of hydrogen-bond donors (Lipinski definition) is 0. The van der Waals surface area contributed by atoms with E-state index in [1.165, 1.54) is 0 Å². The Bertz CT molecular complexity index is 30.6. The summed E-state index contributed by atoms with van der Waals surface area (Å²) in [6.45, 7) is 0. The van der Waals surface area contributed by atoms with E-state index in [0.29, 0.717) is 0 Å². The molecule has 4 heteroatoms. The quantitative estimate of drug-likeness (QED) is 0.333. The van der Waals surface area contributed by atoms with Crippen LogP contribution in [0.3, 0.4) is 0 Å². The Balaban J connectivity index is -0.0000000200. The van der Waals surface area contributed by atoms with Gasteiger partial charge in [-0.2, -0.15) is 9.59 Å². The van der Waals surface area contributed by atoms with Crippen molar-refractivity contribution in [3.8, 4) is 0 Å². The van der Waals surface area contributed by atoms with Gasteiger partial charge in [-0.25, -0.2) is 0 Å². The van der Waals surface area contributed by atoms with E-state index in [0.717, 1.165) is 0 Å². The van der Waals surface area contributed by atoms with Gasteiger partial charge in [0.2, 0.25) is 0 Å². The molecular weight excluding hydrogens is 107 g/mol. The molecule has 0 spiro atoms. The van der Waals surface area contributed by atoms with E-state index in [1.54, 1.807) is 0 Å². The van der Waals surface area contributed by atoms with Crippen LogP contribution in [0.15, 0.2) is 0 Å². The predicted octanol–water partition coefficient (Wildman–Crippen LogP) is -2.15. The van der Waals surface area contributed by atoms with Crippen molar-refractivity contribution in [3.05, 3.63) is 0 Å². The molecule has 0 heterocycles. The van der Waals surface area contributed by atoms with Crippen molar-refractivity contribution in [1.29, 1.82) is 0 Å². The summed E-state index contributed by atoms with van der Waals surface area (Å²) in [6.07, 6.45) is 0.250. The molecule has 0 aromatic heterocycles. The van der Waals surface area contributed by atoms with Crippen molar-refractivity contribution in [2.24, 2.45) is 0 Å². The summed E-state index contributed by atoms with van der Waals surface area (Å²) in [4.78, 5) is 16.2. The minimum absolute atomic E-state index is 0. The Morgan fingerprint density at radius 2 is 1.20 bits per heavy atom. The van der Waals surface area contributed by atoms with E-state index in [-0.39, 0.29) is 73.4 Å². The Hall–Kier alpha value is 1.64. The van der Waals surface area contributed by atoms with Crippen LogP contribution in [-0.4, -0.2) is 73.4 Å². The third kappa shape index (κ3) is 27.8. The first-order valence-electron chi connectivity index (χ1n) is 0.408. The minimum atomic E-state index is 0. The molecule has 0 bridgehead atoms. The number of carbonyl (C=O) groups excluding carboxylic acids is 2. The van der Waals surface area contributed by atoms with Gasteiger partial charge in [0, 0.05) is 0 Å². The average molecular weight is 110 g/mol. The molecule has 0 amide bonds. The molecule has 0 unspecified atom stereocenters. The third-order valence-corrected chi connectivity index (χ3v) is 0. The van der Waals surface area contributed by atoms with Crippen molar-refractivity contribution in [3.63, 3.8) is 0 Å².